The van der Waals surface area contributed by atoms with Gasteiger partial charge in [0.2, 0.25) is 0 Å². The third-order valence-corrected chi connectivity index (χ3v) is 12.6. The van der Waals surface area contributed by atoms with Crippen LogP contribution in [0.2, 0.25) is 0 Å². The van der Waals surface area contributed by atoms with Gasteiger partial charge in [-0.05, 0) is 109 Å². The number of fused-ring (bicyclic) bond motifs is 13. The Kier molecular flexibility index (Phi) is 6.28. The van der Waals surface area contributed by atoms with E-state index < -0.39 is 0 Å². The molecule has 0 fully saturated rings. The van der Waals surface area contributed by atoms with Crippen LogP contribution in [0, 0.1) is 22.7 Å². The predicted molar refractivity (Wildman–Crippen MR) is 232 cm³/mol. The summed E-state index contributed by atoms with van der Waals surface area (Å²) < 4.78 is 9.48. The van der Waals surface area contributed by atoms with Gasteiger partial charge in [-0.2, -0.15) is 10.5 Å². The first kappa shape index (κ1) is 30.8. The van der Waals surface area contributed by atoms with Crippen LogP contribution in [0.4, 0.5) is 0 Å². The lowest BCUT2D eigenvalue weighted by molar-refractivity contribution is 1.17. The van der Waals surface area contributed by atoms with Crippen LogP contribution in [0.15, 0.2) is 164 Å². The SMILES string of the molecule is N#Cc1ccc2c(c1)c1ccccc1n2-c1ccc2sc3ccc(-n4c5ccc(C#N)cc5c5c6c7ccccc7n(-c7ccccc7)c6ccc54)cc3c2c1. The summed E-state index contributed by atoms with van der Waals surface area (Å²) in [4.78, 5) is 0. The van der Waals surface area contributed by atoms with E-state index in [-0.39, 0.29) is 0 Å². The molecule has 0 radical (unpaired) electrons. The molecule has 56 heavy (non-hydrogen) atoms. The number of rotatable bonds is 3. The predicted octanol–water partition coefficient (Wildman–Crippen LogP) is 13.1. The van der Waals surface area contributed by atoms with E-state index in [2.05, 4.69) is 171 Å². The number of para-hydroxylation sites is 3. The second-order valence-corrected chi connectivity index (χ2v) is 15.5. The van der Waals surface area contributed by atoms with Crippen molar-refractivity contribution in [3.63, 3.8) is 0 Å². The van der Waals surface area contributed by atoms with Gasteiger partial charge in [0, 0.05) is 69.6 Å². The van der Waals surface area contributed by atoms with Gasteiger partial charge in [-0.15, -0.1) is 11.3 Å². The highest BCUT2D eigenvalue weighted by atomic mass is 32.1. The van der Waals surface area contributed by atoms with Crippen molar-refractivity contribution in [3.05, 3.63) is 175 Å². The first-order valence-electron chi connectivity index (χ1n) is 18.5. The van der Waals surface area contributed by atoms with Crippen LogP contribution in [0.25, 0.3) is 103 Å². The van der Waals surface area contributed by atoms with Gasteiger partial charge in [0.05, 0.1) is 56.4 Å². The zero-order valence-corrected chi connectivity index (χ0v) is 30.5. The van der Waals surface area contributed by atoms with Crippen LogP contribution in [0.5, 0.6) is 0 Å². The van der Waals surface area contributed by atoms with Crippen LogP contribution in [0.3, 0.4) is 0 Å². The average molecular weight is 730 g/mol. The number of thiophene rings is 1. The van der Waals surface area contributed by atoms with Gasteiger partial charge in [-0.3, -0.25) is 0 Å². The minimum atomic E-state index is 0.640. The summed E-state index contributed by atoms with van der Waals surface area (Å²) in [6.45, 7) is 0. The molecule has 258 valence electrons. The minimum Gasteiger partial charge on any atom is -0.309 e. The third kappa shape index (κ3) is 4.16. The Morgan fingerprint density at radius 3 is 1.45 bits per heavy atom. The van der Waals surface area contributed by atoms with Crippen molar-refractivity contribution in [3.8, 4) is 29.2 Å². The van der Waals surface area contributed by atoms with Crippen molar-refractivity contribution >= 4 is 96.9 Å². The zero-order chi connectivity index (χ0) is 37.1. The highest BCUT2D eigenvalue weighted by Crippen LogP contribution is 2.44. The highest BCUT2D eigenvalue weighted by Gasteiger charge is 2.22. The van der Waals surface area contributed by atoms with E-state index in [1.54, 1.807) is 0 Å². The van der Waals surface area contributed by atoms with Crippen molar-refractivity contribution in [2.45, 2.75) is 0 Å². The number of nitrogens with zero attached hydrogens (tertiary/aromatic N) is 5. The Balaban J connectivity index is 1.13. The molecule has 0 saturated heterocycles. The van der Waals surface area contributed by atoms with Gasteiger partial charge in [0.25, 0.3) is 0 Å². The maximum absolute atomic E-state index is 10.1. The maximum atomic E-state index is 10.1. The summed E-state index contributed by atoms with van der Waals surface area (Å²) in [5.41, 5.74) is 11.2. The molecule has 4 aromatic heterocycles. The van der Waals surface area contributed by atoms with E-state index >= 15 is 0 Å². The molecule has 0 unspecified atom stereocenters. The largest absolute Gasteiger partial charge is 0.309 e. The fourth-order valence-corrected chi connectivity index (χ4v) is 10.2. The summed E-state index contributed by atoms with van der Waals surface area (Å²) in [5.74, 6) is 0. The molecule has 4 heterocycles. The van der Waals surface area contributed by atoms with Gasteiger partial charge < -0.3 is 13.7 Å². The van der Waals surface area contributed by atoms with Gasteiger partial charge >= 0.3 is 0 Å². The van der Waals surface area contributed by atoms with Crippen molar-refractivity contribution < 1.29 is 0 Å². The second-order valence-electron chi connectivity index (χ2n) is 14.4. The Bertz CT molecular complexity index is 3730. The zero-order valence-electron chi connectivity index (χ0n) is 29.7. The molecule has 0 N–H and O–H groups in total. The van der Waals surface area contributed by atoms with Crippen LogP contribution in [0.1, 0.15) is 11.1 Å². The highest BCUT2D eigenvalue weighted by molar-refractivity contribution is 7.25. The molecule has 0 spiro atoms. The number of hydrogen-bond donors (Lipinski definition) is 0. The fourth-order valence-electron chi connectivity index (χ4n) is 9.12. The lowest BCUT2D eigenvalue weighted by Crippen LogP contribution is -1.95. The Morgan fingerprint density at radius 1 is 0.339 bits per heavy atom. The summed E-state index contributed by atoms with van der Waals surface area (Å²) in [5, 5.41) is 28.9. The molecule has 0 atom stereocenters. The number of nitriles is 2. The molecule has 12 aromatic rings. The minimum absolute atomic E-state index is 0.640. The third-order valence-electron chi connectivity index (χ3n) is 11.5. The molecule has 0 saturated carbocycles. The second kappa shape index (κ2) is 11.4. The normalized spacial score (nSPS) is 11.9. The summed E-state index contributed by atoms with van der Waals surface area (Å²) in [6, 6.07) is 62.4. The molecule has 0 amide bonds. The van der Waals surface area contributed by atoms with Gasteiger partial charge in [0.1, 0.15) is 0 Å². The van der Waals surface area contributed by atoms with Crippen molar-refractivity contribution in [2.24, 2.45) is 0 Å². The number of aromatic nitrogens is 3. The van der Waals surface area contributed by atoms with Gasteiger partial charge in [-0.25, -0.2) is 0 Å². The van der Waals surface area contributed by atoms with Crippen LogP contribution < -0.4 is 0 Å². The van der Waals surface area contributed by atoms with Gasteiger partial charge in [0.15, 0.2) is 0 Å². The topological polar surface area (TPSA) is 62.4 Å². The first-order valence-corrected chi connectivity index (χ1v) is 19.4. The quantitative estimate of drug-likeness (QED) is 0.182. The van der Waals surface area contributed by atoms with E-state index in [4.69, 9.17) is 0 Å². The van der Waals surface area contributed by atoms with E-state index in [1.165, 1.54) is 30.9 Å². The van der Waals surface area contributed by atoms with E-state index in [0.29, 0.717) is 11.1 Å². The van der Waals surface area contributed by atoms with Crippen molar-refractivity contribution in [2.75, 3.05) is 0 Å². The molecule has 12 rings (SSSR count). The monoisotopic (exact) mass is 729 g/mol. The van der Waals surface area contributed by atoms with Crippen molar-refractivity contribution in [1.82, 2.24) is 13.7 Å². The van der Waals surface area contributed by atoms with E-state index in [0.717, 1.165) is 71.7 Å². The van der Waals surface area contributed by atoms with E-state index in [1.807, 2.05) is 29.5 Å². The molecule has 0 aliphatic heterocycles. The summed E-state index contributed by atoms with van der Waals surface area (Å²) >= 11 is 1.81. The Morgan fingerprint density at radius 2 is 0.804 bits per heavy atom. The summed E-state index contributed by atoms with van der Waals surface area (Å²) in [6.07, 6.45) is 0. The molecule has 0 bridgehead atoms. The molecule has 8 aromatic carbocycles. The molecule has 6 heteroatoms. The molecular weight excluding hydrogens is 703 g/mol. The average Bonchev–Trinajstić information content (AvgIpc) is 3.99. The number of benzene rings is 8. The van der Waals surface area contributed by atoms with Gasteiger partial charge in [-0.1, -0.05) is 54.6 Å². The van der Waals surface area contributed by atoms with Crippen LogP contribution in [-0.4, -0.2) is 13.7 Å². The van der Waals surface area contributed by atoms with E-state index in [9.17, 15) is 10.5 Å². The first-order chi connectivity index (χ1) is 27.7. The Hall–Kier alpha value is -7.64. The van der Waals surface area contributed by atoms with Crippen LogP contribution in [-0.2, 0) is 0 Å². The summed E-state index contributed by atoms with van der Waals surface area (Å²) in [7, 11) is 0. The van der Waals surface area contributed by atoms with Crippen molar-refractivity contribution in [1.29, 1.82) is 10.5 Å². The molecule has 5 nitrogen and oxygen atoms in total. The lowest BCUT2D eigenvalue weighted by Gasteiger charge is -2.10. The number of hydrogen-bond acceptors (Lipinski definition) is 3. The fraction of sp³-hybridized carbons (Fsp3) is 0. The van der Waals surface area contributed by atoms with Crippen LogP contribution >= 0.6 is 11.3 Å². The smallest absolute Gasteiger partial charge is 0.0991 e. The molecule has 0 aliphatic carbocycles. The Labute approximate surface area is 323 Å². The molecular formula is C50H27N5S. The standard InChI is InChI=1S/C50H27N5S/c51-28-30-14-18-43-37(24-30)35-10-4-6-12-41(35)54(43)33-16-22-47-38(26-33)39-27-34(17-23-48(39)56-47)55-44-19-15-31(29-52)25-40(44)50-46(55)21-20-45-49(50)36-11-5-7-13-42(36)53(45)32-8-2-1-3-9-32/h1-27H. The lowest BCUT2D eigenvalue weighted by atomic mass is 10.0. The molecule has 0 aliphatic rings. The maximum Gasteiger partial charge on any atom is 0.0991 e.